The van der Waals surface area contributed by atoms with Crippen molar-refractivity contribution in [1.29, 1.82) is 5.26 Å². The van der Waals surface area contributed by atoms with Crippen LogP contribution >= 0.6 is 0 Å². The lowest BCUT2D eigenvalue weighted by molar-refractivity contribution is 0.0185. The lowest BCUT2D eigenvalue weighted by Gasteiger charge is -2.39. The molecule has 2 nitrogen and oxygen atoms in total. The van der Waals surface area contributed by atoms with Crippen LogP contribution < -0.4 is 0 Å². The quantitative estimate of drug-likeness (QED) is 0.869. The topological polar surface area (TPSA) is 44.0 Å². The van der Waals surface area contributed by atoms with E-state index in [9.17, 15) is 10.4 Å². The van der Waals surface area contributed by atoms with Crippen molar-refractivity contribution in [2.24, 2.45) is 11.3 Å². The van der Waals surface area contributed by atoms with Gasteiger partial charge in [0.1, 0.15) is 0 Å². The van der Waals surface area contributed by atoms with Gasteiger partial charge in [-0.15, -0.1) is 0 Å². The van der Waals surface area contributed by atoms with Crippen LogP contribution in [0.1, 0.15) is 75.0 Å². The molecule has 0 aromatic heterocycles. The van der Waals surface area contributed by atoms with Crippen LogP contribution in [0.2, 0.25) is 0 Å². The van der Waals surface area contributed by atoms with E-state index in [1.165, 1.54) is 24.8 Å². The number of nitrogens with zero attached hydrogens (tertiary/aromatic N) is 1. The Kier molecular flexibility index (Phi) is 4.04. The smallest absolute Gasteiger partial charge is 0.0976 e. The van der Waals surface area contributed by atoms with Crippen molar-refractivity contribution < 1.29 is 5.11 Å². The summed E-state index contributed by atoms with van der Waals surface area (Å²) >= 11 is 0. The minimum absolute atomic E-state index is 0.582. The van der Waals surface area contributed by atoms with E-state index >= 15 is 0 Å². The van der Waals surface area contributed by atoms with E-state index < -0.39 is 11.5 Å². The molecule has 2 aliphatic rings. The maximum absolute atomic E-state index is 10.8. The molecule has 0 aliphatic heterocycles. The number of hydrogen-bond acceptors (Lipinski definition) is 2. The van der Waals surface area contributed by atoms with Crippen molar-refractivity contribution in [2.75, 3.05) is 0 Å². The first-order valence-electron chi connectivity index (χ1n) is 8.37. The molecule has 2 heteroatoms. The van der Waals surface area contributed by atoms with Crippen LogP contribution in [0.3, 0.4) is 0 Å². The van der Waals surface area contributed by atoms with Gasteiger partial charge >= 0.3 is 0 Å². The van der Waals surface area contributed by atoms with Crippen LogP contribution in [0.25, 0.3) is 0 Å². The van der Waals surface area contributed by atoms with Gasteiger partial charge < -0.3 is 5.11 Å². The Morgan fingerprint density at radius 3 is 2.57 bits per heavy atom. The summed E-state index contributed by atoms with van der Waals surface area (Å²) in [6, 6.07) is 10.8. The van der Waals surface area contributed by atoms with Gasteiger partial charge in [-0.2, -0.15) is 5.26 Å². The largest absolute Gasteiger partial charge is 0.387 e. The number of hydrogen-bond donors (Lipinski definition) is 1. The molecule has 1 aromatic carbocycles. The average Bonchev–Trinajstić information content (AvgIpc) is 3.39. The van der Waals surface area contributed by atoms with Gasteiger partial charge in [0.05, 0.1) is 17.6 Å². The van der Waals surface area contributed by atoms with Crippen LogP contribution in [0.15, 0.2) is 24.3 Å². The minimum atomic E-state index is -0.648. The van der Waals surface area contributed by atoms with Crippen molar-refractivity contribution in [3.8, 4) is 6.07 Å². The third-order valence-corrected chi connectivity index (χ3v) is 5.51. The predicted molar refractivity (Wildman–Crippen MR) is 83.7 cm³/mol. The summed E-state index contributed by atoms with van der Waals surface area (Å²) in [4.78, 5) is 0. The molecule has 1 N–H and O–H groups in total. The van der Waals surface area contributed by atoms with Crippen molar-refractivity contribution >= 4 is 0 Å². The maximum Gasteiger partial charge on any atom is 0.0976 e. The first kappa shape index (κ1) is 14.6. The second-order valence-corrected chi connectivity index (χ2v) is 6.98. The molecule has 0 radical (unpaired) electrons. The molecule has 3 atom stereocenters. The van der Waals surface area contributed by atoms with E-state index in [1.807, 2.05) is 12.1 Å². The van der Waals surface area contributed by atoms with E-state index in [2.05, 4.69) is 25.1 Å². The van der Waals surface area contributed by atoms with Crippen molar-refractivity contribution in [1.82, 2.24) is 0 Å². The van der Waals surface area contributed by atoms with Crippen LogP contribution in [0, 0.1) is 22.7 Å². The summed E-state index contributed by atoms with van der Waals surface area (Å²) < 4.78 is 0. The number of nitriles is 1. The Balaban J connectivity index is 1.80. The van der Waals surface area contributed by atoms with Gasteiger partial charge in [0.15, 0.2) is 0 Å². The zero-order valence-electron chi connectivity index (χ0n) is 12.9. The second kappa shape index (κ2) is 5.81. The first-order chi connectivity index (χ1) is 10.2. The van der Waals surface area contributed by atoms with E-state index in [4.69, 9.17) is 0 Å². The van der Waals surface area contributed by atoms with Crippen molar-refractivity contribution in [3.05, 3.63) is 35.4 Å². The van der Waals surface area contributed by atoms with E-state index in [1.54, 1.807) is 0 Å². The predicted octanol–water partition coefficient (Wildman–Crippen LogP) is 4.71. The number of aliphatic hydroxyl groups is 1. The second-order valence-electron chi connectivity index (χ2n) is 6.98. The molecule has 2 aliphatic carbocycles. The molecular weight excluding hydrogens is 258 g/mol. The number of rotatable bonds is 4. The summed E-state index contributed by atoms with van der Waals surface area (Å²) in [6.07, 6.45) is 6.97. The Morgan fingerprint density at radius 2 is 2.00 bits per heavy atom. The SMILES string of the molecule is CCC1CCCC(C#N)(C(O)c2ccc(C3CC3)cc2)C1. The standard InChI is InChI=1S/C19H25NO/c1-2-14-4-3-11-19(12-14,13-20)18(21)17-9-7-16(8-10-17)15-5-6-15/h7-10,14-15,18,21H,2-6,11-12H2,1H3. The molecule has 0 spiro atoms. The fourth-order valence-electron chi connectivity index (χ4n) is 3.87. The average molecular weight is 283 g/mol. The zero-order valence-corrected chi connectivity index (χ0v) is 12.9. The van der Waals surface area contributed by atoms with Crippen molar-refractivity contribution in [2.45, 2.75) is 63.9 Å². The molecule has 1 aromatic rings. The third-order valence-electron chi connectivity index (χ3n) is 5.51. The maximum atomic E-state index is 10.8. The van der Waals surface area contributed by atoms with Crippen LogP contribution in [-0.4, -0.2) is 5.11 Å². The Bertz CT molecular complexity index is 525. The highest BCUT2D eigenvalue weighted by atomic mass is 16.3. The van der Waals surface area contributed by atoms with Crippen LogP contribution in [0.5, 0.6) is 0 Å². The van der Waals surface area contributed by atoms with Gasteiger partial charge in [0.2, 0.25) is 0 Å². The Labute approximate surface area is 127 Å². The fourth-order valence-corrected chi connectivity index (χ4v) is 3.87. The monoisotopic (exact) mass is 283 g/mol. The number of aliphatic hydroxyl groups excluding tert-OH is 1. The van der Waals surface area contributed by atoms with Gasteiger partial charge in [-0.05, 0) is 48.6 Å². The lowest BCUT2D eigenvalue weighted by atomic mass is 9.65. The fraction of sp³-hybridized carbons (Fsp3) is 0.632. The first-order valence-corrected chi connectivity index (χ1v) is 8.37. The summed E-state index contributed by atoms with van der Waals surface area (Å²) in [7, 11) is 0. The molecule has 3 rings (SSSR count). The van der Waals surface area contributed by atoms with Gasteiger partial charge in [-0.1, -0.05) is 50.5 Å². The van der Waals surface area contributed by atoms with Crippen molar-refractivity contribution in [3.63, 3.8) is 0 Å². The van der Waals surface area contributed by atoms with E-state index in [-0.39, 0.29) is 0 Å². The molecule has 0 bridgehead atoms. The highest BCUT2D eigenvalue weighted by Crippen LogP contribution is 2.48. The molecule has 3 unspecified atom stereocenters. The molecule has 2 saturated carbocycles. The molecule has 112 valence electrons. The molecule has 2 fully saturated rings. The van der Waals surface area contributed by atoms with Gasteiger partial charge in [0, 0.05) is 0 Å². The molecule has 21 heavy (non-hydrogen) atoms. The summed E-state index contributed by atoms with van der Waals surface area (Å²) in [5, 5.41) is 20.6. The van der Waals surface area contributed by atoms with E-state index in [0.717, 1.165) is 37.2 Å². The molecule has 0 amide bonds. The summed E-state index contributed by atoms with van der Waals surface area (Å²) in [6.45, 7) is 2.19. The highest BCUT2D eigenvalue weighted by molar-refractivity contribution is 5.31. The van der Waals surface area contributed by atoms with Gasteiger partial charge in [0.25, 0.3) is 0 Å². The number of benzene rings is 1. The minimum Gasteiger partial charge on any atom is -0.387 e. The third kappa shape index (κ3) is 2.85. The Hall–Kier alpha value is -1.33. The lowest BCUT2D eigenvalue weighted by Crippen LogP contribution is -2.33. The molecule has 0 heterocycles. The van der Waals surface area contributed by atoms with E-state index in [0.29, 0.717) is 5.92 Å². The van der Waals surface area contributed by atoms with Crippen LogP contribution in [-0.2, 0) is 0 Å². The van der Waals surface area contributed by atoms with Crippen LogP contribution in [0.4, 0.5) is 0 Å². The summed E-state index contributed by atoms with van der Waals surface area (Å²) in [5.41, 5.74) is 1.71. The zero-order chi connectivity index (χ0) is 14.9. The van der Waals surface area contributed by atoms with Gasteiger partial charge in [-0.3, -0.25) is 0 Å². The Morgan fingerprint density at radius 1 is 1.29 bits per heavy atom. The normalized spacial score (nSPS) is 30.6. The summed E-state index contributed by atoms with van der Waals surface area (Å²) in [5.74, 6) is 1.32. The van der Waals surface area contributed by atoms with Gasteiger partial charge in [-0.25, -0.2) is 0 Å². The molecular formula is C19H25NO. The highest BCUT2D eigenvalue weighted by Gasteiger charge is 2.43. The molecule has 0 saturated heterocycles.